The molecule has 1 fully saturated rings. The number of nitrogens with zero attached hydrogens (tertiary/aromatic N) is 1. The summed E-state index contributed by atoms with van der Waals surface area (Å²) in [5.41, 5.74) is 7.13. The molecular formula is C13H19BrN2O2. The minimum absolute atomic E-state index is 0.146. The Morgan fingerprint density at radius 2 is 2.22 bits per heavy atom. The third-order valence-corrected chi connectivity index (χ3v) is 4.06. The molecule has 0 radical (unpaired) electrons. The highest BCUT2D eigenvalue weighted by Crippen LogP contribution is 2.35. The summed E-state index contributed by atoms with van der Waals surface area (Å²) in [4.78, 5) is 2.33. The van der Waals surface area contributed by atoms with Gasteiger partial charge in [-0.1, -0.05) is 6.92 Å². The van der Waals surface area contributed by atoms with Gasteiger partial charge in [0.2, 0.25) is 0 Å². The molecule has 1 saturated heterocycles. The summed E-state index contributed by atoms with van der Waals surface area (Å²) in [7, 11) is 1.55. The van der Waals surface area contributed by atoms with Gasteiger partial charge < -0.3 is 15.6 Å². The third kappa shape index (κ3) is 2.79. The summed E-state index contributed by atoms with van der Waals surface area (Å²) in [6.45, 7) is 4.94. The van der Waals surface area contributed by atoms with Gasteiger partial charge in [-0.05, 0) is 39.5 Å². The number of methoxy groups -OCH3 is 1. The molecule has 3 N–H and O–H groups in total. The normalized spacial score (nSPS) is 24.4. The molecule has 1 aromatic rings. The van der Waals surface area contributed by atoms with Gasteiger partial charge in [-0.25, -0.2) is 0 Å². The molecule has 100 valence electrons. The van der Waals surface area contributed by atoms with Gasteiger partial charge in [-0.2, -0.15) is 0 Å². The van der Waals surface area contributed by atoms with Crippen molar-refractivity contribution in [3.05, 3.63) is 22.2 Å². The maximum Gasteiger partial charge on any atom is 0.172 e. The zero-order chi connectivity index (χ0) is 13.3. The van der Waals surface area contributed by atoms with Crippen LogP contribution in [0.25, 0.3) is 0 Å². The second kappa shape index (κ2) is 5.47. The van der Waals surface area contributed by atoms with Crippen LogP contribution in [0.5, 0.6) is 11.5 Å². The van der Waals surface area contributed by atoms with Crippen LogP contribution in [0.3, 0.4) is 0 Å². The van der Waals surface area contributed by atoms with Gasteiger partial charge in [0, 0.05) is 25.7 Å². The first-order chi connectivity index (χ1) is 8.51. The predicted molar refractivity (Wildman–Crippen MR) is 74.8 cm³/mol. The molecular weight excluding hydrogens is 296 g/mol. The molecule has 0 saturated carbocycles. The number of halogens is 1. The quantitative estimate of drug-likeness (QED) is 0.895. The number of ether oxygens (including phenoxy) is 1. The van der Waals surface area contributed by atoms with Crippen LogP contribution in [-0.2, 0) is 6.54 Å². The molecule has 1 aliphatic rings. The number of likely N-dealkylation sites (tertiary alicyclic amines) is 1. The van der Waals surface area contributed by atoms with Crippen molar-refractivity contribution in [2.75, 3.05) is 20.2 Å². The highest BCUT2D eigenvalue weighted by molar-refractivity contribution is 9.10. The lowest BCUT2D eigenvalue weighted by Crippen LogP contribution is -2.28. The molecule has 1 heterocycles. The fraction of sp³-hybridized carbons (Fsp3) is 0.538. The van der Waals surface area contributed by atoms with Gasteiger partial charge in [0.05, 0.1) is 11.6 Å². The van der Waals surface area contributed by atoms with E-state index in [1.165, 1.54) is 0 Å². The van der Waals surface area contributed by atoms with E-state index >= 15 is 0 Å². The number of aromatic hydroxyl groups is 1. The summed E-state index contributed by atoms with van der Waals surface area (Å²) in [5.74, 6) is 1.18. The van der Waals surface area contributed by atoms with Crippen molar-refractivity contribution < 1.29 is 9.84 Å². The van der Waals surface area contributed by atoms with Crippen LogP contribution in [0.2, 0.25) is 0 Å². The second-order valence-electron chi connectivity index (χ2n) is 4.96. The number of nitrogens with two attached hydrogens (primary N) is 1. The van der Waals surface area contributed by atoms with Crippen molar-refractivity contribution in [2.45, 2.75) is 19.5 Å². The number of phenolic OH excluding ortho intramolecular Hbond substituents is 1. The lowest BCUT2D eigenvalue weighted by molar-refractivity contribution is 0.316. The average Bonchev–Trinajstić information content (AvgIpc) is 2.62. The molecule has 0 aromatic heterocycles. The van der Waals surface area contributed by atoms with E-state index in [0.29, 0.717) is 16.1 Å². The SMILES string of the molecule is COc1cc(CN2CC(C)C(N)C2)cc(Br)c1O. The van der Waals surface area contributed by atoms with Crippen molar-refractivity contribution in [2.24, 2.45) is 11.7 Å². The fourth-order valence-electron chi connectivity index (χ4n) is 2.36. The number of benzene rings is 1. The Labute approximate surface area is 116 Å². The molecule has 5 heteroatoms. The van der Waals surface area contributed by atoms with Crippen LogP contribution >= 0.6 is 15.9 Å². The van der Waals surface area contributed by atoms with E-state index in [-0.39, 0.29) is 11.8 Å². The van der Waals surface area contributed by atoms with E-state index in [0.717, 1.165) is 25.2 Å². The smallest absolute Gasteiger partial charge is 0.172 e. The lowest BCUT2D eigenvalue weighted by Gasteiger charge is -2.16. The molecule has 1 aliphatic heterocycles. The average molecular weight is 315 g/mol. The van der Waals surface area contributed by atoms with E-state index in [4.69, 9.17) is 10.5 Å². The Balaban J connectivity index is 2.13. The van der Waals surface area contributed by atoms with Crippen LogP contribution in [0.4, 0.5) is 0 Å². The number of rotatable bonds is 3. The van der Waals surface area contributed by atoms with Gasteiger partial charge in [-0.15, -0.1) is 0 Å². The van der Waals surface area contributed by atoms with E-state index in [9.17, 15) is 5.11 Å². The van der Waals surface area contributed by atoms with Crippen molar-refractivity contribution >= 4 is 15.9 Å². The Hall–Kier alpha value is -0.780. The first-order valence-corrected chi connectivity index (χ1v) is 6.84. The fourth-order valence-corrected chi connectivity index (χ4v) is 2.85. The largest absolute Gasteiger partial charge is 0.503 e. The molecule has 0 aliphatic carbocycles. The zero-order valence-electron chi connectivity index (χ0n) is 10.7. The van der Waals surface area contributed by atoms with Crippen LogP contribution in [0.15, 0.2) is 16.6 Å². The highest BCUT2D eigenvalue weighted by atomic mass is 79.9. The Bertz CT molecular complexity index is 429. The Kier molecular flexibility index (Phi) is 4.14. The topological polar surface area (TPSA) is 58.7 Å². The molecule has 1 aromatic carbocycles. The predicted octanol–water partition coefficient (Wildman–Crippen LogP) is 1.94. The first kappa shape index (κ1) is 13.6. The van der Waals surface area contributed by atoms with Crippen molar-refractivity contribution in [3.63, 3.8) is 0 Å². The highest BCUT2D eigenvalue weighted by Gasteiger charge is 2.26. The van der Waals surface area contributed by atoms with Crippen molar-refractivity contribution in [1.29, 1.82) is 0 Å². The summed E-state index contributed by atoms with van der Waals surface area (Å²) in [6.07, 6.45) is 0. The van der Waals surface area contributed by atoms with Crippen molar-refractivity contribution in [1.82, 2.24) is 4.90 Å². The van der Waals surface area contributed by atoms with Gasteiger partial charge in [0.1, 0.15) is 0 Å². The zero-order valence-corrected chi connectivity index (χ0v) is 12.3. The van der Waals surface area contributed by atoms with Gasteiger partial charge >= 0.3 is 0 Å². The molecule has 18 heavy (non-hydrogen) atoms. The summed E-state index contributed by atoms with van der Waals surface area (Å²) < 4.78 is 5.81. The molecule has 4 nitrogen and oxygen atoms in total. The Morgan fingerprint density at radius 1 is 1.50 bits per heavy atom. The summed E-state index contributed by atoms with van der Waals surface area (Å²) in [6, 6.07) is 4.05. The maximum absolute atomic E-state index is 9.76. The molecule has 0 amide bonds. The Morgan fingerprint density at radius 3 is 2.78 bits per heavy atom. The summed E-state index contributed by atoms with van der Waals surface area (Å²) >= 11 is 3.34. The molecule has 0 bridgehead atoms. The monoisotopic (exact) mass is 314 g/mol. The molecule has 2 atom stereocenters. The lowest BCUT2D eigenvalue weighted by atomic mass is 10.1. The molecule has 2 unspecified atom stereocenters. The van der Waals surface area contributed by atoms with E-state index in [1.807, 2.05) is 12.1 Å². The maximum atomic E-state index is 9.76. The minimum Gasteiger partial charge on any atom is -0.503 e. The number of hydrogen-bond donors (Lipinski definition) is 2. The second-order valence-corrected chi connectivity index (χ2v) is 5.82. The third-order valence-electron chi connectivity index (χ3n) is 3.46. The van der Waals surface area contributed by atoms with E-state index in [1.54, 1.807) is 7.11 Å². The van der Waals surface area contributed by atoms with Crippen molar-refractivity contribution in [3.8, 4) is 11.5 Å². The van der Waals surface area contributed by atoms with Crippen LogP contribution in [0.1, 0.15) is 12.5 Å². The van der Waals surface area contributed by atoms with Gasteiger partial charge in [0.15, 0.2) is 11.5 Å². The standard InChI is InChI=1S/C13H19BrN2O2/c1-8-5-16(7-11(8)15)6-9-3-10(14)13(17)12(4-9)18-2/h3-4,8,11,17H,5-7,15H2,1-2H3. The minimum atomic E-state index is 0.146. The van der Waals surface area contributed by atoms with E-state index < -0.39 is 0 Å². The van der Waals surface area contributed by atoms with Gasteiger partial charge in [-0.3, -0.25) is 4.90 Å². The number of phenols is 1. The first-order valence-electron chi connectivity index (χ1n) is 6.04. The molecule has 2 rings (SSSR count). The molecule has 0 spiro atoms. The summed E-state index contributed by atoms with van der Waals surface area (Å²) in [5, 5.41) is 9.76. The number of hydrogen-bond acceptors (Lipinski definition) is 4. The van der Waals surface area contributed by atoms with Crippen LogP contribution in [0, 0.1) is 5.92 Å². The van der Waals surface area contributed by atoms with Crippen LogP contribution < -0.4 is 10.5 Å². The van der Waals surface area contributed by atoms with E-state index in [2.05, 4.69) is 27.8 Å². The van der Waals surface area contributed by atoms with Crippen LogP contribution in [-0.4, -0.2) is 36.2 Å². The van der Waals surface area contributed by atoms with Gasteiger partial charge in [0.25, 0.3) is 0 Å².